The fourth-order valence-electron chi connectivity index (χ4n) is 2.89. The van der Waals surface area contributed by atoms with E-state index in [0.717, 1.165) is 22.7 Å². The minimum atomic E-state index is -4.37. The van der Waals surface area contributed by atoms with Crippen molar-refractivity contribution in [1.29, 1.82) is 0 Å². The second kappa shape index (κ2) is 8.27. The first kappa shape index (κ1) is 21.3. The van der Waals surface area contributed by atoms with E-state index in [9.17, 15) is 22.2 Å². The Morgan fingerprint density at radius 1 is 1.06 bits per heavy atom. The molecular formula is C21H15F3N2O3S2. The fourth-order valence-corrected chi connectivity index (χ4v) is 4.79. The molecule has 1 atom stereocenters. The first-order valence-electron chi connectivity index (χ1n) is 9.02. The summed E-state index contributed by atoms with van der Waals surface area (Å²) in [5, 5.41) is 0.619. The maximum Gasteiger partial charge on any atom is 0.416 e. The largest absolute Gasteiger partial charge is 0.488 e. The lowest BCUT2D eigenvalue weighted by Gasteiger charge is -2.07. The third-order valence-corrected chi connectivity index (χ3v) is 6.84. The molecule has 3 aromatic rings. The van der Waals surface area contributed by atoms with E-state index in [1.54, 1.807) is 24.3 Å². The summed E-state index contributed by atoms with van der Waals surface area (Å²) in [6, 6.07) is 11.8. The Hall–Kier alpha value is -2.98. The third-order valence-electron chi connectivity index (χ3n) is 4.52. The normalized spacial score (nSPS) is 16.2. The van der Waals surface area contributed by atoms with E-state index in [-0.39, 0.29) is 6.61 Å². The number of carbonyl (C=O) groups excluding carboxylic acids is 1. The van der Waals surface area contributed by atoms with Gasteiger partial charge in [-0.25, -0.2) is 9.19 Å². The number of rotatable bonds is 5. The highest BCUT2D eigenvalue weighted by Crippen LogP contribution is 2.33. The summed E-state index contributed by atoms with van der Waals surface area (Å²) in [5.41, 5.74) is 1.31. The summed E-state index contributed by atoms with van der Waals surface area (Å²) < 4.78 is 58.1. The summed E-state index contributed by atoms with van der Waals surface area (Å²) in [6.07, 6.45) is -3.07. The molecule has 1 aliphatic rings. The van der Waals surface area contributed by atoms with Gasteiger partial charge >= 0.3 is 6.18 Å². The number of benzene rings is 2. The zero-order valence-electron chi connectivity index (χ0n) is 16.0. The molecular weight excluding hydrogens is 449 g/mol. The number of hydrogen-bond acceptors (Lipinski definition) is 5. The molecule has 2 aromatic carbocycles. The second-order valence-corrected chi connectivity index (χ2v) is 8.92. The van der Waals surface area contributed by atoms with Crippen LogP contribution in [0.5, 0.6) is 5.75 Å². The van der Waals surface area contributed by atoms with Gasteiger partial charge in [0.25, 0.3) is 5.91 Å². The van der Waals surface area contributed by atoms with Gasteiger partial charge in [0, 0.05) is 11.6 Å². The van der Waals surface area contributed by atoms with Crippen molar-refractivity contribution in [3.05, 3.63) is 76.3 Å². The Labute approximate surface area is 182 Å². The van der Waals surface area contributed by atoms with Crippen LogP contribution in [0.3, 0.4) is 0 Å². The Morgan fingerprint density at radius 3 is 2.29 bits per heavy atom. The number of ether oxygens (including phenoxy) is 1. The smallest absolute Gasteiger partial charge is 0.416 e. The van der Waals surface area contributed by atoms with E-state index in [2.05, 4.69) is 9.71 Å². The van der Waals surface area contributed by atoms with Gasteiger partial charge in [0.1, 0.15) is 17.4 Å². The minimum Gasteiger partial charge on any atom is -0.488 e. The predicted molar refractivity (Wildman–Crippen MR) is 112 cm³/mol. The maximum atomic E-state index is 12.7. The van der Waals surface area contributed by atoms with Crippen molar-refractivity contribution in [2.75, 3.05) is 0 Å². The van der Waals surface area contributed by atoms with Crippen LogP contribution in [0.1, 0.15) is 21.7 Å². The molecule has 0 aliphatic carbocycles. The first-order valence-corrected chi connectivity index (χ1v) is 11.0. The standard InChI is InChI=1S/C21H15F3N2O3S2/c1-12-17(30-20(25-12)14-2-6-15(7-3-14)21(22,23)24)11-29-16-8-4-13(5-9-16)18-10-19(27)26-31(18)28/h2-10H,11H2,1H3,(H,26,27). The van der Waals surface area contributed by atoms with Crippen LogP contribution in [-0.2, 0) is 28.6 Å². The molecule has 0 bridgehead atoms. The van der Waals surface area contributed by atoms with Gasteiger partial charge in [0.05, 0.1) is 21.0 Å². The highest BCUT2D eigenvalue weighted by atomic mass is 32.2. The predicted octanol–water partition coefficient (Wildman–Crippen LogP) is 4.85. The van der Waals surface area contributed by atoms with Crippen LogP contribution in [-0.4, -0.2) is 15.1 Å². The van der Waals surface area contributed by atoms with E-state index in [0.29, 0.717) is 26.8 Å². The lowest BCUT2D eigenvalue weighted by Crippen LogP contribution is -2.16. The summed E-state index contributed by atoms with van der Waals surface area (Å²) in [4.78, 5) is 17.0. The first-order chi connectivity index (χ1) is 14.7. The Kier molecular flexibility index (Phi) is 5.67. The number of halogens is 3. The van der Waals surface area contributed by atoms with Crippen molar-refractivity contribution in [3.63, 3.8) is 0 Å². The second-order valence-electron chi connectivity index (χ2n) is 6.66. The number of alkyl halides is 3. The van der Waals surface area contributed by atoms with E-state index < -0.39 is 28.6 Å². The van der Waals surface area contributed by atoms with Crippen LogP contribution in [0.4, 0.5) is 13.2 Å². The van der Waals surface area contributed by atoms with E-state index in [1.165, 1.54) is 29.5 Å². The quantitative estimate of drug-likeness (QED) is 0.586. The molecule has 1 amide bonds. The molecule has 31 heavy (non-hydrogen) atoms. The van der Waals surface area contributed by atoms with Gasteiger partial charge in [-0.3, -0.25) is 9.52 Å². The molecule has 5 nitrogen and oxygen atoms in total. The number of aryl methyl sites for hydroxylation is 1. The van der Waals surface area contributed by atoms with Gasteiger partial charge in [0.2, 0.25) is 0 Å². The summed E-state index contributed by atoms with van der Waals surface area (Å²) in [6.45, 7) is 2.07. The fraction of sp³-hybridized carbons (Fsp3) is 0.143. The number of hydrogen-bond donors (Lipinski definition) is 1. The topological polar surface area (TPSA) is 68.3 Å². The van der Waals surface area contributed by atoms with Crippen molar-refractivity contribution < 1.29 is 26.9 Å². The molecule has 4 rings (SSSR count). The lowest BCUT2D eigenvalue weighted by molar-refractivity contribution is -0.137. The Balaban J connectivity index is 1.44. The summed E-state index contributed by atoms with van der Waals surface area (Å²) in [7, 11) is -1.56. The molecule has 160 valence electrons. The molecule has 0 radical (unpaired) electrons. The van der Waals surface area contributed by atoms with Crippen molar-refractivity contribution in [3.8, 4) is 16.3 Å². The molecule has 0 spiro atoms. The van der Waals surface area contributed by atoms with Gasteiger partial charge in [-0.2, -0.15) is 13.2 Å². The summed E-state index contributed by atoms with van der Waals surface area (Å²) in [5.74, 6) is 0.189. The Morgan fingerprint density at radius 2 is 1.71 bits per heavy atom. The highest BCUT2D eigenvalue weighted by Gasteiger charge is 2.30. The maximum absolute atomic E-state index is 12.7. The van der Waals surface area contributed by atoms with Gasteiger partial charge in [-0.1, -0.05) is 24.3 Å². The molecule has 2 heterocycles. The molecule has 0 fully saturated rings. The molecule has 0 saturated heterocycles. The van der Waals surface area contributed by atoms with Crippen LogP contribution in [0.15, 0.2) is 54.6 Å². The lowest BCUT2D eigenvalue weighted by atomic mass is 10.1. The molecule has 1 unspecified atom stereocenters. The number of nitrogens with one attached hydrogen (secondary N) is 1. The van der Waals surface area contributed by atoms with E-state index >= 15 is 0 Å². The average Bonchev–Trinajstić information content (AvgIpc) is 3.27. The zero-order chi connectivity index (χ0) is 22.2. The monoisotopic (exact) mass is 464 g/mol. The van der Waals surface area contributed by atoms with Crippen LogP contribution in [0.25, 0.3) is 15.5 Å². The number of thiazole rings is 1. The number of aromatic nitrogens is 1. The third kappa shape index (κ3) is 4.70. The molecule has 1 N–H and O–H groups in total. The SMILES string of the molecule is Cc1nc(-c2ccc(C(F)(F)F)cc2)sc1COc1ccc(C2=CC(=O)NS2=O)cc1. The minimum absolute atomic E-state index is 0.248. The van der Waals surface area contributed by atoms with Crippen LogP contribution in [0, 0.1) is 6.92 Å². The molecule has 1 aromatic heterocycles. The summed E-state index contributed by atoms with van der Waals surface area (Å²) >= 11 is 1.36. The number of nitrogens with zero attached hydrogens (tertiary/aromatic N) is 1. The van der Waals surface area contributed by atoms with Gasteiger partial charge in [-0.05, 0) is 36.8 Å². The number of amides is 1. The average molecular weight is 464 g/mol. The molecule has 10 heteroatoms. The van der Waals surface area contributed by atoms with Crippen LogP contribution >= 0.6 is 11.3 Å². The van der Waals surface area contributed by atoms with Crippen LogP contribution < -0.4 is 9.46 Å². The van der Waals surface area contributed by atoms with E-state index in [4.69, 9.17) is 4.74 Å². The van der Waals surface area contributed by atoms with Crippen LogP contribution in [0.2, 0.25) is 0 Å². The van der Waals surface area contributed by atoms with Crippen molar-refractivity contribution in [1.82, 2.24) is 9.71 Å². The Bertz CT molecular complexity index is 1180. The molecule has 0 saturated carbocycles. The zero-order valence-corrected chi connectivity index (χ0v) is 17.7. The van der Waals surface area contributed by atoms with Crippen molar-refractivity contribution >= 4 is 33.1 Å². The van der Waals surface area contributed by atoms with Crippen molar-refractivity contribution in [2.24, 2.45) is 0 Å². The highest BCUT2D eigenvalue weighted by molar-refractivity contribution is 7.93. The van der Waals surface area contributed by atoms with Crippen molar-refractivity contribution in [2.45, 2.75) is 19.7 Å². The van der Waals surface area contributed by atoms with Gasteiger partial charge < -0.3 is 4.74 Å². The molecule has 1 aliphatic heterocycles. The van der Waals surface area contributed by atoms with E-state index in [1.807, 2.05) is 6.92 Å². The number of carbonyl (C=O) groups is 1. The van der Waals surface area contributed by atoms with Gasteiger partial charge in [0.15, 0.2) is 11.0 Å². The van der Waals surface area contributed by atoms with Gasteiger partial charge in [-0.15, -0.1) is 11.3 Å².